The number of amides is 1. The van der Waals surface area contributed by atoms with Crippen molar-refractivity contribution in [3.63, 3.8) is 0 Å². The Morgan fingerprint density at radius 1 is 1.19 bits per heavy atom. The Balaban J connectivity index is 1.90. The quantitative estimate of drug-likeness (QED) is 0.567. The Hall–Kier alpha value is -2.79. The average molecular weight is 374 g/mol. The molecule has 2 aromatic rings. The van der Waals surface area contributed by atoms with Crippen LogP contribution in [0.5, 0.6) is 5.75 Å². The minimum absolute atomic E-state index is 0.306. The molecule has 0 aliphatic carbocycles. The molecule has 136 valence electrons. The maximum Gasteiger partial charge on any atom is 0.344 e. The number of benzene rings is 2. The summed E-state index contributed by atoms with van der Waals surface area (Å²) in [6.45, 7) is 4.94. The number of hydrogen-bond acceptors (Lipinski definition) is 4. The third-order valence-corrected chi connectivity index (χ3v) is 3.78. The summed E-state index contributed by atoms with van der Waals surface area (Å²) in [6, 6.07) is 15.1. The van der Waals surface area contributed by atoms with Crippen LogP contribution in [0.1, 0.15) is 6.92 Å². The second-order valence-electron chi connectivity index (χ2n) is 5.47. The van der Waals surface area contributed by atoms with E-state index in [1.807, 2.05) is 36.4 Å². The molecule has 1 amide bonds. The number of nitrogens with one attached hydrogen (secondary N) is 1. The van der Waals surface area contributed by atoms with Crippen molar-refractivity contribution in [3.8, 4) is 16.9 Å². The number of ether oxygens (including phenoxy) is 2. The number of rotatable bonds is 8. The van der Waals surface area contributed by atoms with Crippen LogP contribution in [-0.2, 0) is 14.3 Å². The molecule has 0 unspecified atom stereocenters. The van der Waals surface area contributed by atoms with Crippen molar-refractivity contribution in [3.05, 3.63) is 66.2 Å². The zero-order chi connectivity index (χ0) is 18.9. The van der Waals surface area contributed by atoms with Gasteiger partial charge < -0.3 is 14.8 Å². The van der Waals surface area contributed by atoms with E-state index in [9.17, 15) is 9.59 Å². The third-order valence-electron chi connectivity index (χ3n) is 3.48. The first kappa shape index (κ1) is 19.5. The van der Waals surface area contributed by atoms with Crippen LogP contribution >= 0.6 is 11.6 Å². The summed E-state index contributed by atoms with van der Waals surface area (Å²) >= 11 is 6.23. The normalized spacial score (nSPS) is 11.3. The first-order chi connectivity index (χ1) is 12.5. The summed E-state index contributed by atoms with van der Waals surface area (Å²) in [6.07, 6.45) is 0.624. The van der Waals surface area contributed by atoms with Crippen molar-refractivity contribution in [2.45, 2.75) is 13.0 Å². The molecule has 0 aromatic heterocycles. The number of hydrogen-bond donors (Lipinski definition) is 1. The van der Waals surface area contributed by atoms with Gasteiger partial charge in [-0.15, -0.1) is 6.58 Å². The van der Waals surface area contributed by atoms with E-state index in [4.69, 9.17) is 21.1 Å². The topological polar surface area (TPSA) is 64.6 Å². The largest absolute Gasteiger partial charge is 0.480 e. The van der Waals surface area contributed by atoms with Gasteiger partial charge in [0.25, 0.3) is 5.91 Å². The van der Waals surface area contributed by atoms with Crippen molar-refractivity contribution in [2.24, 2.45) is 0 Å². The van der Waals surface area contributed by atoms with Gasteiger partial charge in [-0.25, -0.2) is 4.79 Å². The summed E-state index contributed by atoms with van der Waals surface area (Å²) in [7, 11) is 0. The van der Waals surface area contributed by atoms with E-state index < -0.39 is 18.0 Å². The molecule has 6 heteroatoms. The summed E-state index contributed by atoms with van der Waals surface area (Å²) in [4.78, 5) is 23.5. The lowest BCUT2D eigenvalue weighted by atomic mass is 10.1. The predicted molar refractivity (Wildman–Crippen MR) is 101 cm³/mol. The molecular weight excluding hydrogens is 354 g/mol. The fourth-order valence-electron chi connectivity index (χ4n) is 2.17. The first-order valence-corrected chi connectivity index (χ1v) is 8.45. The highest BCUT2D eigenvalue weighted by Crippen LogP contribution is 2.30. The van der Waals surface area contributed by atoms with Crippen LogP contribution in [0, 0.1) is 0 Å². The van der Waals surface area contributed by atoms with E-state index in [1.165, 1.54) is 13.0 Å². The lowest BCUT2D eigenvalue weighted by Gasteiger charge is -2.14. The maximum absolute atomic E-state index is 11.8. The summed E-state index contributed by atoms with van der Waals surface area (Å²) in [5, 5.41) is 2.93. The fraction of sp³-hybridized carbons (Fsp3) is 0.200. The van der Waals surface area contributed by atoms with E-state index in [0.717, 1.165) is 11.1 Å². The van der Waals surface area contributed by atoms with E-state index in [0.29, 0.717) is 17.3 Å². The van der Waals surface area contributed by atoms with Gasteiger partial charge in [0.15, 0.2) is 12.7 Å². The van der Waals surface area contributed by atoms with Gasteiger partial charge in [0.05, 0.1) is 5.02 Å². The average Bonchev–Trinajstić information content (AvgIpc) is 2.65. The Bertz CT molecular complexity index is 777. The van der Waals surface area contributed by atoms with Gasteiger partial charge in [0.2, 0.25) is 0 Å². The molecule has 2 rings (SSSR count). The summed E-state index contributed by atoms with van der Waals surface area (Å²) in [5.74, 6) is -0.690. The Morgan fingerprint density at radius 3 is 2.58 bits per heavy atom. The van der Waals surface area contributed by atoms with Crippen LogP contribution in [0.3, 0.4) is 0 Å². The van der Waals surface area contributed by atoms with Crippen molar-refractivity contribution >= 4 is 23.5 Å². The van der Waals surface area contributed by atoms with Crippen LogP contribution < -0.4 is 10.1 Å². The lowest BCUT2D eigenvalue weighted by Crippen LogP contribution is -2.36. The first-order valence-electron chi connectivity index (χ1n) is 8.07. The smallest absolute Gasteiger partial charge is 0.344 e. The Morgan fingerprint density at radius 2 is 1.92 bits per heavy atom. The SMILES string of the molecule is C=CCNC(=O)[C@H](C)OC(=O)COc1ccc(-c2ccccc2)cc1Cl. The Kier molecular flexibility index (Phi) is 7.24. The molecule has 5 nitrogen and oxygen atoms in total. The van der Waals surface area contributed by atoms with E-state index >= 15 is 0 Å². The number of halogens is 1. The molecule has 0 radical (unpaired) electrons. The zero-order valence-electron chi connectivity index (χ0n) is 14.4. The van der Waals surface area contributed by atoms with Gasteiger partial charge in [-0.2, -0.15) is 0 Å². The molecule has 0 saturated carbocycles. The van der Waals surface area contributed by atoms with Gasteiger partial charge in [-0.05, 0) is 30.2 Å². The van der Waals surface area contributed by atoms with Crippen LogP contribution in [0.15, 0.2) is 61.2 Å². The van der Waals surface area contributed by atoms with E-state index in [-0.39, 0.29) is 6.61 Å². The summed E-state index contributed by atoms with van der Waals surface area (Å²) in [5.41, 5.74) is 1.97. The highest BCUT2D eigenvalue weighted by molar-refractivity contribution is 6.32. The summed E-state index contributed by atoms with van der Waals surface area (Å²) < 4.78 is 10.4. The molecule has 1 N–H and O–H groups in total. The van der Waals surface area contributed by atoms with Gasteiger partial charge in [-0.1, -0.05) is 54.1 Å². The van der Waals surface area contributed by atoms with Crippen LogP contribution in [-0.4, -0.2) is 31.1 Å². The second-order valence-corrected chi connectivity index (χ2v) is 5.87. The second kappa shape index (κ2) is 9.63. The molecule has 1 atom stereocenters. The highest BCUT2D eigenvalue weighted by atomic mass is 35.5. The third kappa shape index (κ3) is 5.63. The lowest BCUT2D eigenvalue weighted by molar-refractivity contribution is -0.156. The van der Waals surface area contributed by atoms with Crippen molar-refractivity contribution < 1.29 is 19.1 Å². The predicted octanol–water partition coefficient (Wildman–Crippen LogP) is 3.62. The fourth-order valence-corrected chi connectivity index (χ4v) is 2.40. The molecule has 0 heterocycles. The molecule has 0 aliphatic heterocycles. The van der Waals surface area contributed by atoms with E-state index in [2.05, 4.69) is 11.9 Å². The maximum atomic E-state index is 11.8. The van der Waals surface area contributed by atoms with Crippen molar-refractivity contribution in [1.29, 1.82) is 0 Å². The molecule has 0 fully saturated rings. The van der Waals surface area contributed by atoms with Crippen molar-refractivity contribution in [2.75, 3.05) is 13.2 Å². The molecule has 0 aliphatic rings. The zero-order valence-corrected chi connectivity index (χ0v) is 15.2. The number of carbonyl (C=O) groups is 2. The molecule has 0 saturated heterocycles. The van der Waals surface area contributed by atoms with Crippen LogP contribution in [0.2, 0.25) is 5.02 Å². The molecule has 2 aromatic carbocycles. The highest BCUT2D eigenvalue weighted by Gasteiger charge is 2.17. The minimum atomic E-state index is -0.915. The molecule has 0 bridgehead atoms. The molecular formula is C20H20ClNO4. The number of esters is 1. The van der Waals surface area contributed by atoms with Gasteiger partial charge in [0, 0.05) is 6.54 Å². The van der Waals surface area contributed by atoms with Gasteiger partial charge in [0.1, 0.15) is 5.75 Å². The number of carbonyl (C=O) groups excluding carboxylic acids is 2. The molecule has 26 heavy (non-hydrogen) atoms. The van der Waals surface area contributed by atoms with Crippen LogP contribution in [0.4, 0.5) is 0 Å². The molecule has 0 spiro atoms. The standard InChI is InChI=1S/C20H20ClNO4/c1-3-11-22-20(24)14(2)26-19(23)13-25-18-10-9-16(12-17(18)21)15-7-5-4-6-8-15/h3-10,12,14H,1,11,13H2,2H3,(H,22,24)/t14-/m0/s1. The van der Waals surface area contributed by atoms with Crippen LogP contribution in [0.25, 0.3) is 11.1 Å². The minimum Gasteiger partial charge on any atom is -0.480 e. The van der Waals surface area contributed by atoms with Crippen molar-refractivity contribution in [1.82, 2.24) is 5.32 Å². The van der Waals surface area contributed by atoms with E-state index in [1.54, 1.807) is 12.1 Å². The monoisotopic (exact) mass is 373 g/mol. The van der Waals surface area contributed by atoms with Gasteiger partial charge >= 0.3 is 5.97 Å². The Labute approximate surface area is 157 Å². The van der Waals surface area contributed by atoms with Gasteiger partial charge in [-0.3, -0.25) is 4.79 Å².